The monoisotopic (exact) mass is 249 g/mol. The zero-order valence-electron chi connectivity index (χ0n) is 11.7. The second-order valence-electron chi connectivity index (χ2n) is 5.30. The molecule has 1 fully saturated rings. The summed E-state index contributed by atoms with van der Waals surface area (Å²) in [5.74, 6) is 2.23. The van der Waals surface area contributed by atoms with Crippen molar-refractivity contribution >= 4 is 5.82 Å². The van der Waals surface area contributed by atoms with Gasteiger partial charge in [0.25, 0.3) is 0 Å². The van der Waals surface area contributed by atoms with Crippen LogP contribution in [0.2, 0.25) is 0 Å². The van der Waals surface area contributed by atoms with E-state index in [2.05, 4.69) is 29.1 Å². The van der Waals surface area contributed by atoms with Crippen LogP contribution < -0.4 is 5.32 Å². The molecule has 1 aliphatic rings. The smallest absolute Gasteiger partial charge is 0.133 e. The van der Waals surface area contributed by atoms with E-state index in [1.165, 1.54) is 0 Å². The van der Waals surface area contributed by atoms with Crippen LogP contribution in [0.25, 0.3) is 0 Å². The maximum atomic E-state index is 5.56. The fourth-order valence-electron chi connectivity index (χ4n) is 2.19. The first-order chi connectivity index (χ1) is 8.58. The lowest BCUT2D eigenvalue weighted by Crippen LogP contribution is -2.41. The van der Waals surface area contributed by atoms with E-state index in [1.807, 2.05) is 19.9 Å². The van der Waals surface area contributed by atoms with Crippen molar-refractivity contribution in [2.24, 2.45) is 0 Å². The molecule has 0 atom stereocenters. The lowest BCUT2D eigenvalue weighted by Gasteiger charge is -2.35. The minimum Gasteiger partial charge on any atom is -0.378 e. The summed E-state index contributed by atoms with van der Waals surface area (Å²) < 4.78 is 5.56. The van der Waals surface area contributed by atoms with Gasteiger partial charge >= 0.3 is 0 Å². The zero-order valence-corrected chi connectivity index (χ0v) is 11.7. The highest BCUT2D eigenvalue weighted by Gasteiger charge is 2.29. The Bertz CT molecular complexity index is 400. The van der Waals surface area contributed by atoms with E-state index in [1.54, 1.807) is 0 Å². The van der Waals surface area contributed by atoms with Crippen LogP contribution in [0.4, 0.5) is 5.82 Å². The van der Waals surface area contributed by atoms with Crippen molar-refractivity contribution in [2.45, 2.75) is 58.6 Å². The van der Waals surface area contributed by atoms with Gasteiger partial charge in [0.2, 0.25) is 0 Å². The van der Waals surface area contributed by atoms with Gasteiger partial charge in [-0.25, -0.2) is 9.97 Å². The average molecular weight is 249 g/mol. The van der Waals surface area contributed by atoms with Gasteiger partial charge in [0.05, 0.1) is 6.10 Å². The zero-order chi connectivity index (χ0) is 13.1. The van der Waals surface area contributed by atoms with Crippen LogP contribution in [-0.4, -0.2) is 28.7 Å². The topological polar surface area (TPSA) is 47.0 Å². The summed E-state index contributed by atoms with van der Waals surface area (Å²) in [7, 11) is 0. The van der Waals surface area contributed by atoms with Gasteiger partial charge in [-0.2, -0.15) is 0 Å². The number of hydrogen-bond donors (Lipinski definition) is 1. The Morgan fingerprint density at radius 1 is 1.39 bits per heavy atom. The number of anilines is 1. The molecule has 1 aliphatic carbocycles. The number of nitrogens with zero attached hydrogens (tertiary/aromatic N) is 2. The quantitative estimate of drug-likeness (QED) is 0.871. The third kappa shape index (κ3) is 3.19. The maximum Gasteiger partial charge on any atom is 0.133 e. The minimum atomic E-state index is 0.364. The Morgan fingerprint density at radius 2 is 2.11 bits per heavy atom. The van der Waals surface area contributed by atoms with Crippen LogP contribution in [0, 0.1) is 6.92 Å². The molecule has 4 nitrogen and oxygen atoms in total. The predicted octanol–water partition coefficient (Wildman–Crippen LogP) is 2.89. The van der Waals surface area contributed by atoms with E-state index in [4.69, 9.17) is 4.74 Å². The van der Waals surface area contributed by atoms with Gasteiger partial charge in [0.15, 0.2) is 0 Å². The highest BCUT2D eigenvalue weighted by atomic mass is 16.5. The van der Waals surface area contributed by atoms with Crippen molar-refractivity contribution in [2.75, 3.05) is 11.9 Å². The van der Waals surface area contributed by atoms with Crippen LogP contribution in [0.5, 0.6) is 0 Å². The largest absolute Gasteiger partial charge is 0.378 e. The summed E-state index contributed by atoms with van der Waals surface area (Å²) in [4.78, 5) is 9.02. The summed E-state index contributed by atoms with van der Waals surface area (Å²) in [5, 5.41) is 3.47. The summed E-state index contributed by atoms with van der Waals surface area (Å²) in [6.45, 7) is 9.10. The predicted molar refractivity (Wildman–Crippen MR) is 72.9 cm³/mol. The van der Waals surface area contributed by atoms with Gasteiger partial charge in [0, 0.05) is 30.3 Å². The van der Waals surface area contributed by atoms with E-state index in [0.29, 0.717) is 18.1 Å². The number of rotatable bonds is 5. The molecule has 0 aromatic carbocycles. The number of hydrogen-bond acceptors (Lipinski definition) is 4. The lowest BCUT2D eigenvalue weighted by molar-refractivity contribution is 0.00292. The molecule has 1 saturated carbocycles. The Labute approximate surface area is 109 Å². The normalized spacial score (nSPS) is 22.9. The molecular weight excluding hydrogens is 226 g/mol. The Morgan fingerprint density at radius 3 is 2.72 bits per heavy atom. The molecule has 1 aromatic heterocycles. The lowest BCUT2D eigenvalue weighted by atomic mass is 9.89. The molecule has 0 unspecified atom stereocenters. The van der Waals surface area contributed by atoms with Crippen LogP contribution in [0.1, 0.15) is 51.0 Å². The summed E-state index contributed by atoms with van der Waals surface area (Å²) in [5.41, 5.74) is 1.02. The van der Waals surface area contributed by atoms with Gasteiger partial charge in [-0.3, -0.25) is 0 Å². The number of ether oxygens (including phenoxy) is 1. The molecule has 0 saturated heterocycles. The van der Waals surface area contributed by atoms with Gasteiger partial charge in [-0.05, 0) is 26.7 Å². The van der Waals surface area contributed by atoms with Gasteiger partial charge < -0.3 is 10.1 Å². The molecule has 0 aliphatic heterocycles. The first kappa shape index (κ1) is 13.3. The molecule has 2 rings (SSSR count). The molecule has 0 bridgehead atoms. The SMILES string of the molecule is CCOC1CC(Nc2cc(C)nc(C(C)C)n2)C1. The fraction of sp³-hybridized carbons (Fsp3) is 0.714. The highest BCUT2D eigenvalue weighted by molar-refractivity contribution is 5.38. The molecule has 1 aromatic rings. The van der Waals surface area contributed by atoms with E-state index in [-0.39, 0.29) is 0 Å². The molecule has 100 valence electrons. The third-order valence-electron chi connectivity index (χ3n) is 3.24. The van der Waals surface area contributed by atoms with Crippen LogP contribution in [0.3, 0.4) is 0 Å². The summed E-state index contributed by atoms with van der Waals surface area (Å²) in [6, 6.07) is 2.51. The van der Waals surface area contributed by atoms with Crippen molar-refractivity contribution in [3.63, 3.8) is 0 Å². The fourth-order valence-corrected chi connectivity index (χ4v) is 2.19. The first-order valence-electron chi connectivity index (χ1n) is 6.82. The molecule has 18 heavy (non-hydrogen) atoms. The second-order valence-corrected chi connectivity index (χ2v) is 5.30. The van der Waals surface area contributed by atoms with E-state index in [9.17, 15) is 0 Å². The second kappa shape index (κ2) is 5.65. The minimum absolute atomic E-state index is 0.364. The van der Waals surface area contributed by atoms with Crippen molar-refractivity contribution in [3.05, 3.63) is 17.6 Å². The molecule has 1 N–H and O–H groups in total. The maximum absolute atomic E-state index is 5.56. The van der Waals surface area contributed by atoms with Crippen molar-refractivity contribution in [1.82, 2.24) is 9.97 Å². The summed E-state index contributed by atoms with van der Waals surface area (Å²) in [6.07, 6.45) is 2.59. The first-order valence-corrected chi connectivity index (χ1v) is 6.82. The van der Waals surface area contributed by atoms with E-state index >= 15 is 0 Å². The molecule has 0 radical (unpaired) electrons. The average Bonchev–Trinajstić information content (AvgIpc) is 2.25. The number of aromatic nitrogens is 2. The summed E-state index contributed by atoms with van der Waals surface area (Å²) >= 11 is 0. The third-order valence-corrected chi connectivity index (χ3v) is 3.24. The van der Waals surface area contributed by atoms with E-state index < -0.39 is 0 Å². The molecule has 0 spiro atoms. The highest BCUT2D eigenvalue weighted by Crippen LogP contribution is 2.26. The van der Waals surface area contributed by atoms with Crippen molar-refractivity contribution in [3.8, 4) is 0 Å². The van der Waals surface area contributed by atoms with Gasteiger partial charge in [0.1, 0.15) is 11.6 Å². The van der Waals surface area contributed by atoms with Gasteiger partial charge in [-0.15, -0.1) is 0 Å². The molecular formula is C14H23N3O. The van der Waals surface area contributed by atoms with Crippen LogP contribution >= 0.6 is 0 Å². The Kier molecular flexibility index (Phi) is 4.17. The molecule has 0 amide bonds. The van der Waals surface area contributed by atoms with Crippen molar-refractivity contribution < 1.29 is 4.74 Å². The van der Waals surface area contributed by atoms with Crippen LogP contribution in [0.15, 0.2) is 6.07 Å². The number of aryl methyl sites for hydroxylation is 1. The van der Waals surface area contributed by atoms with Gasteiger partial charge in [-0.1, -0.05) is 13.8 Å². The molecule has 4 heteroatoms. The Balaban J connectivity index is 1.94. The van der Waals surface area contributed by atoms with Crippen LogP contribution in [-0.2, 0) is 4.74 Å². The number of nitrogens with one attached hydrogen (secondary N) is 1. The Hall–Kier alpha value is -1.16. The molecule has 1 heterocycles. The van der Waals surface area contributed by atoms with Crippen molar-refractivity contribution in [1.29, 1.82) is 0 Å². The standard InChI is InChI=1S/C14H23N3O/c1-5-18-12-7-11(8-12)16-13-6-10(4)15-14(17-13)9(2)3/h6,9,11-12H,5,7-8H2,1-4H3,(H,15,16,17). The van der Waals surface area contributed by atoms with E-state index in [0.717, 1.165) is 36.8 Å².